The Balaban J connectivity index is 1.41. The molecule has 1 amide bonds. The maximum Gasteiger partial charge on any atom is 0.274 e. The Labute approximate surface area is 229 Å². The largest absolute Gasteiger partial charge is 0.326 e. The fourth-order valence-electron chi connectivity index (χ4n) is 4.59. The lowest BCUT2D eigenvalue weighted by atomic mass is 9.98. The Bertz CT molecular complexity index is 1590. The maximum atomic E-state index is 13.4. The normalized spacial score (nSPS) is 15.5. The molecule has 1 fully saturated rings. The summed E-state index contributed by atoms with van der Waals surface area (Å²) in [6, 6.07) is 24.6. The van der Waals surface area contributed by atoms with Crippen LogP contribution in [0.3, 0.4) is 0 Å². The Kier molecular flexibility index (Phi) is 7.67. The van der Waals surface area contributed by atoms with Crippen molar-refractivity contribution in [3.8, 4) is 5.69 Å². The molecule has 8 nitrogen and oxygen atoms in total. The zero-order valence-electron chi connectivity index (χ0n) is 22.0. The van der Waals surface area contributed by atoms with Gasteiger partial charge < -0.3 is 16.4 Å². The Morgan fingerprint density at radius 2 is 1.82 bits per heavy atom. The van der Waals surface area contributed by atoms with Gasteiger partial charge in [-0.15, -0.1) is 0 Å². The second-order valence-corrected chi connectivity index (χ2v) is 12.0. The summed E-state index contributed by atoms with van der Waals surface area (Å²) in [5.41, 5.74) is 11.4. The molecule has 0 bridgehead atoms. The van der Waals surface area contributed by atoms with E-state index < -0.39 is 9.71 Å². The number of rotatable bonds is 10. The van der Waals surface area contributed by atoms with E-state index in [1.807, 2.05) is 67.6 Å². The molecule has 0 saturated heterocycles. The molecule has 202 valence electrons. The van der Waals surface area contributed by atoms with Crippen LogP contribution in [-0.4, -0.2) is 32.3 Å². The van der Waals surface area contributed by atoms with Gasteiger partial charge in [0.1, 0.15) is 5.69 Å². The van der Waals surface area contributed by atoms with Crippen molar-refractivity contribution in [3.63, 3.8) is 0 Å². The van der Waals surface area contributed by atoms with E-state index in [1.54, 1.807) is 22.9 Å². The third-order valence-electron chi connectivity index (χ3n) is 6.85. The van der Waals surface area contributed by atoms with E-state index in [9.17, 15) is 9.00 Å². The predicted molar refractivity (Wildman–Crippen MR) is 157 cm³/mol. The van der Waals surface area contributed by atoms with E-state index in [-0.39, 0.29) is 11.9 Å². The SMILES string of the molecule is C=S(N)(=O)c1ccc(C(NCC2CC2)c2cccc(NC(=O)c3cc(C)nn3-c3cccc(CN)c3)c2)cc1. The van der Waals surface area contributed by atoms with Gasteiger partial charge in [-0.1, -0.05) is 36.4 Å². The first-order chi connectivity index (χ1) is 18.7. The Morgan fingerprint density at radius 3 is 2.51 bits per heavy atom. The van der Waals surface area contributed by atoms with Crippen LogP contribution in [0.4, 0.5) is 5.69 Å². The van der Waals surface area contributed by atoms with Gasteiger partial charge in [0.2, 0.25) is 0 Å². The minimum Gasteiger partial charge on any atom is -0.326 e. The molecule has 5 rings (SSSR count). The molecule has 4 aromatic rings. The molecule has 9 heteroatoms. The number of nitrogens with one attached hydrogen (secondary N) is 2. The highest BCUT2D eigenvalue weighted by Gasteiger charge is 2.24. The average molecular weight is 543 g/mol. The van der Waals surface area contributed by atoms with Crippen molar-refractivity contribution >= 4 is 27.2 Å². The van der Waals surface area contributed by atoms with E-state index in [0.29, 0.717) is 28.7 Å². The third-order valence-corrected chi connectivity index (χ3v) is 7.92. The molecule has 1 aliphatic carbocycles. The van der Waals surface area contributed by atoms with Crippen LogP contribution in [0.15, 0.2) is 83.8 Å². The number of nitrogens with two attached hydrogens (primary N) is 2. The van der Waals surface area contributed by atoms with Gasteiger partial charge in [-0.3, -0.25) is 9.93 Å². The van der Waals surface area contributed by atoms with Gasteiger partial charge >= 0.3 is 0 Å². The fourth-order valence-corrected chi connectivity index (χ4v) is 5.19. The number of nitrogens with zero attached hydrogens (tertiary/aromatic N) is 2. The number of anilines is 1. The van der Waals surface area contributed by atoms with Crippen LogP contribution >= 0.6 is 0 Å². The summed E-state index contributed by atoms with van der Waals surface area (Å²) in [4.78, 5) is 13.9. The topological polar surface area (TPSA) is 128 Å². The number of aromatic nitrogens is 2. The van der Waals surface area contributed by atoms with Crippen LogP contribution in [0.1, 0.15) is 51.8 Å². The van der Waals surface area contributed by atoms with Crippen molar-refractivity contribution in [1.82, 2.24) is 15.1 Å². The van der Waals surface area contributed by atoms with Crippen LogP contribution in [0.25, 0.3) is 5.69 Å². The summed E-state index contributed by atoms with van der Waals surface area (Å²) >= 11 is 0. The van der Waals surface area contributed by atoms with Gasteiger partial charge in [0.25, 0.3) is 5.91 Å². The van der Waals surface area contributed by atoms with Gasteiger partial charge in [0.15, 0.2) is 0 Å². The number of carbonyl (C=O) groups excluding carboxylic acids is 1. The summed E-state index contributed by atoms with van der Waals surface area (Å²) in [6.45, 7) is 3.16. The minimum absolute atomic E-state index is 0.109. The van der Waals surface area contributed by atoms with Gasteiger partial charge in [-0.25, -0.2) is 8.89 Å². The molecular weight excluding hydrogens is 508 g/mol. The molecule has 39 heavy (non-hydrogen) atoms. The van der Waals surface area contributed by atoms with Crippen molar-refractivity contribution in [2.75, 3.05) is 11.9 Å². The third kappa shape index (κ3) is 6.46. The molecule has 2 unspecified atom stereocenters. The van der Waals surface area contributed by atoms with Gasteiger partial charge in [0.05, 0.1) is 27.1 Å². The monoisotopic (exact) mass is 542 g/mol. The van der Waals surface area contributed by atoms with Crippen molar-refractivity contribution in [3.05, 3.63) is 107 Å². The Hall–Kier alpha value is -3.76. The second-order valence-electron chi connectivity index (χ2n) is 10.1. The van der Waals surface area contributed by atoms with Crippen molar-refractivity contribution in [1.29, 1.82) is 0 Å². The predicted octanol–water partition coefficient (Wildman–Crippen LogP) is 3.93. The van der Waals surface area contributed by atoms with Gasteiger partial charge in [0, 0.05) is 17.1 Å². The minimum atomic E-state index is -2.78. The van der Waals surface area contributed by atoms with Crippen LogP contribution in [0, 0.1) is 12.8 Å². The summed E-state index contributed by atoms with van der Waals surface area (Å²) in [5, 5.41) is 17.0. The van der Waals surface area contributed by atoms with Crippen molar-refractivity contribution < 1.29 is 9.00 Å². The molecule has 0 spiro atoms. The molecule has 0 radical (unpaired) electrons. The van der Waals surface area contributed by atoms with Crippen LogP contribution < -0.4 is 21.5 Å². The van der Waals surface area contributed by atoms with Crippen LogP contribution in [0.5, 0.6) is 0 Å². The number of hydrogen-bond donors (Lipinski definition) is 4. The van der Waals surface area contributed by atoms with E-state index in [2.05, 4.69) is 21.6 Å². The lowest BCUT2D eigenvalue weighted by molar-refractivity contribution is 0.101. The van der Waals surface area contributed by atoms with Gasteiger partial charge in [-0.2, -0.15) is 5.10 Å². The number of hydrogen-bond acceptors (Lipinski definition) is 5. The van der Waals surface area contributed by atoms with Crippen LogP contribution in [-0.2, 0) is 16.3 Å². The maximum absolute atomic E-state index is 13.4. The first-order valence-corrected chi connectivity index (χ1v) is 14.8. The van der Waals surface area contributed by atoms with Crippen LogP contribution in [0.2, 0.25) is 0 Å². The average Bonchev–Trinajstić information content (AvgIpc) is 3.67. The first kappa shape index (κ1) is 26.8. The number of benzene rings is 3. The van der Waals surface area contributed by atoms with E-state index in [1.165, 1.54) is 12.8 Å². The standard InChI is InChI=1S/C30H34N6O2S/c1-20-15-28(36(35-20)26-8-3-5-22(16-26)18-31)30(37)34-25-7-4-6-24(17-25)29(33-19-21-9-10-21)23-11-13-27(14-12-23)39(2,32)38/h3-8,11-17,21,29,33H,2,9-10,18-19,31H2,1H3,(H2,32,38)(H,34,37). The molecule has 1 saturated carbocycles. The van der Waals surface area contributed by atoms with Gasteiger partial charge in [-0.05, 0) is 97.3 Å². The first-order valence-electron chi connectivity index (χ1n) is 13.0. The fraction of sp³-hybridized carbons (Fsp3) is 0.233. The number of carbonyl (C=O) groups is 1. The zero-order chi connectivity index (χ0) is 27.6. The summed E-state index contributed by atoms with van der Waals surface area (Å²) in [6.07, 6.45) is 2.46. The Morgan fingerprint density at radius 1 is 1.08 bits per heavy atom. The highest BCUT2D eigenvalue weighted by atomic mass is 32.2. The number of aryl methyl sites for hydroxylation is 1. The molecule has 1 aromatic heterocycles. The second kappa shape index (κ2) is 11.2. The molecular formula is C30H34N6O2S. The summed E-state index contributed by atoms with van der Waals surface area (Å²) in [5.74, 6) is 4.00. The smallest absolute Gasteiger partial charge is 0.274 e. The molecule has 0 aliphatic heterocycles. The van der Waals surface area contributed by atoms with E-state index in [4.69, 9.17) is 10.9 Å². The molecule has 1 heterocycles. The quantitative estimate of drug-likeness (QED) is 0.226. The highest BCUT2D eigenvalue weighted by molar-refractivity contribution is 7.98. The molecule has 1 aliphatic rings. The summed E-state index contributed by atoms with van der Waals surface area (Å²) < 4.78 is 13.8. The molecule has 2 atom stereocenters. The highest BCUT2D eigenvalue weighted by Crippen LogP contribution is 2.31. The number of amides is 1. The van der Waals surface area contributed by atoms with E-state index >= 15 is 0 Å². The van der Waals surface area contributed by atoms with E-state index in [0.717, 1.165) is 34.6 Å². The summed E-state index contributed by atoms with van der Waals surface area (Å²) in [7, 11) is -2.78. The lowest BCUT2D eigenvalue weighted by Gasteiger charge is -2.21. The lowest BCUT2D eigenvalue weighted by Crippen LogP contribution is -2.25. The van der Waals surface area contributed by atoms with Crippen molar-refractivity contribution in [2.24, 2.45) is 16.8 Å². The molecule has 6 N–H and O–H groups in total. The zero-order valence-corrected chi connectivity index (χ0v) is 22.8. The van der Waals surface area contributed by atoms with Crippen molar-refractivity contribution in [2.45, 2.75) is 37.2 Å². The molecule has 3 aromatic carbocycles.